The third-order valence-electron chi connectivity index (χ3n) is 4.98. The maximum atomic E-state index is 12.5. The molecule has 1 aromatic rings. The van der Waals surface area contributed by atoms with E-state index in [0.717, 1.165) is 25.8 Å². The van der Waals surface area contributed by atoms with Crippen LogP contribution in [-0.2, 0) is 14.6 Å². The van der Waals surface area contributed by atoms with E-state index in [1.165, 1.54) is 11.8 Å². The highest BCUT2D eigenvalue weighted by Gasteiger charge is 2.46. The molecule has 1 N–H and O–H groups in total. The van der Waals surface area contributed by atoms with Crippen LogP contribution in [0.3, 0.4) is 0 Å². The van der Waals surface area contributed by atoms with E-state index in [2.05, 4.69) is 22.3 Å². The van der Waals surface area contributed by atoms with Gasteiger partial charge in [0.25, 0.3) is 0 Å². The third kappa shape index (κ3) is 3.75. The average molecular weight is 336 g/mol. The zero-order valence-electron chi connectivity index (χ0n) is 13.4. The number of hydrogen-bond acceptors (Lipinski definition) is 4. The summed E-state index contributed by atoms with van der Waals surface area (Å²) >= 11 is 0. The van der Waals surface area contributed by atoms with Crippen LogP contribution in [0.5, 0.6) is 0 Å². The first-order chi connectivity index (χ1) is 11.0. The van der Waals surface area contributed by atoms with Crippen LogP contribution < -0.4 is 5.32 Å². The van der Waals surface area contributed by atoms with Crippen LogP contribution in [-0.4, -0.2) is 50.4 Å². The lowest BCUT2D eigenvalue weighted by Gasteiger charge is -2.24. The summed E-state index contributed by atoms with van der Waals surface area (Å²) in [4.78, 5) is 15.0. The number of carbonyl (C=O) groups excluding carboxylic acids is 1. The summed E-state index contributed by atoms with van der Waals surface area (Å²) in [6.45, 7) is 1.24. The molecule has 0 radical (unpaired) electrons. The zero-order valence-corrected chi connectivity index (χ0v) is 14.3. The number of benzene rings is 1. The molecule has 1 aromatic carbocycles. The minimum Gasteiger partial charge on any atom is -0.355 e. The normalized spacial score (nSPS) is 27.8. The predicted octanol–water partition coefficient (Wildman–Crippen LogP) is 1.37. The summed E-state index contributed by atoms with van der Waals surface area (Å²) < 4.78 is 22.4. The Morgan fingerprint density at radius 3 is 2.74 bits per heavy atom. The Morgan fingerprint density at radius 1 is 1.30 bits per heavy atom. The fourth-order valence-corrected chi connectivity index (χ4v) is 4.42. The van der Waals surface area contributed by atoms with Gasteiger partial charge in [0.1, 0.15) is 9.84 Å². The molecular formula is C17H24N2O3S. The van der Waals surface area contributed by atoms with Crippen LogP contribution in [0.1, 0.15) is 30.9 Å². The van der Waals surface area contributed by atoms with Gasteiger partial charge in [-0.3, -0.25) is 9.69 Å². The van der Waals surface area contributed by atoms with Crippen molar-refractivity contribution >= 4 is 15.7 Å². The molecule has 0 aromatic heterocycles. The van der Waals surface area contributed by atoms with Crippen LogP contribution in [0.2, 0.25) is 0 Å². The Hall–Kier alpha value is -1.40. The van der Waals surface area contributed by atoms with Crippen molar-refractivity contribution in [2.45, 2.75) is 31.3 Å². The summed E-state index contributed by atoms with van der Waals surface area (Å²) in [5.74, 6) is -0.0339. The van der Waals surface area contributed by atoms with Gasteiger partial charge in [-0.15, -0.1) is 0 Å². The molecule has 0 saturated carbocycles. The molecule has 3 rings (SSSR count). The Morgan fingerprint density at radius 2 is 2.04 bits per heavy atom. The first-order valence-corrected chi connectivity index (χ1v) is 10.3. The number of amides is 1. The molecule has 0 bridgehead atoms. The summed E-state index contributed by atoms with van der Waals surface area (Å²) in [6.07, 6.45) is 4.19. The van der Waals surface area contributed by atoms with Gasteiger partial charge in [-0.1, -0.05) is 30.3 Å². The van der Waals surface area contributed by atoms with Crippen LogP contribution in [0.4, 0.5) is 0 Å². The largest absolute Gasteiger partial charge is 0.355 e. The van der Waals surface area contributed by atoms with Crippen molar-refractivity contribution in [2.24, 2.45) is 5.92 Å². The van der Waals surface area contributed by atoms with Gasteiger partial charge in [0, 0.05) is 24.9 Å². The molecule has 3 atom stereocenters. The standard InChI is InChI=1S/C17H24N2O3S/c1-23(21,22)11-9-18-17(20)14-12-16(13-6-3-2-4-7-13)19-10-5-8-15(14)19/h2-4,6-7,14-16H,5,8-12H2,1H3,(H,18,20)/t14-,15+,16-/m0/s1. The van der Waals surface area contributed by atoms with E-state index < -0.39 is 9.84 Å². The van der Waals surface area contributed by atoms with Crippen molar-refractivity contribution in [3.8, 4) is 0 Å². The molecule has 2 saturated heterocycles. The number of hydrogen-bond donors (Lipinski definition) is 1. The smallest absolute Gasteiger partial charge is 0.224 e. The Bertz CT molecular complexity index is 660. The molecule has 0 unspecified atom stereocenters. The first kappa shape index (κ1) is 16.5. The number of sulfone groups is 1. The van der Waals surface area contributed by atoms with E-state index in [1.807, 2.05) is 18.2 Å². The summed E-state index contributed by atoms with van der Waals surface area (Å²) in [5.41, 5.74) is 1.27. The van der Waals surface area contributed by atoms with E-state index >= 15 is 0 Å². The second-order valence-corrected chi connectivity index (χ2v) is 8.90. The Balaban J connectivity index is 1.67. The maximum Gasteiger partial charge on any atom is 0.224 e. The minimum absolute atomic E-state index is 0.00194. The van der Waals surface area contributed by atoms with Crippen molar-refractivity contribution in [1.29, 1.82) is 0 Å². The first-order valence-electron chi connectivity index (χ1n) is 8.22. The van der Waals surface area contributed by atoms with Gasteiger partial charge in [0.15, 0.2) is 0 Å². The van der Waals surface area contributed by atoms with Gasteiger partial charge in [0.05, 0.1) is 11.7 Å². The summed E-state index contributed by atoms with van der Waals surface area (Å²) in [7, 11) is -3.04. The number of nitrogens with zero attached hydrogens (tertiary/aromatic N) is 1. The number of fused-ring (bicyclic) bond motifs is 1. The molecule has 2 fully saturated rings. The molecule has 2 heterocycles. The summed E-state index contributed by atoms with van der Waals surface area (Å²) in [6, 6.07) is 10.9. The Kier molecular flexibility index (Phi) is 4.73. The minimum atomic E-state index is -3.04. The number of nitrogens with one attached hydrogen (secondary N) is 1. The quantitative estimate of drug-likeness (QED) is 0.882. The Labute approximate surface area is 138 Å². The molecule has 2 aliphatic heterocycles. The molecular weight excluding hydrogens is 312 g/mol. The van der Waals surface area contributed by atoms with Crippen molar-refractivity contribution in [2.75, 3.05) is 25.1 Å². The van der Waals surface area contributed by atoms with Crippen LogP contribution in [0.15, 0.2) is 30.3 Å². The average Bonchev–Trinajstić information content (AvgIpc) is 3.08. The fourth-order valence-electron chi connectivity index (χ4n) is 3.94. The van der Waals surface area contributed by atoms with Crippen molar-refractivity contribution in [3.63, 3.8) is 0 Å². The van der Waals surface area contributed by atoms with Crippen LogP contribution >= 0.6 is 0 Å². The SMILES string of the molecule is CS(=O)(=O)CCNC(=O)[C@H]1C[C@@H](c2ccccc2)N2CCC[C@H]12. The highest BCUT2D eigenvalue weighted by atomic mass is 32.2. The van der Waals surface area contributed by atoms with E-state index in [-0.39, 0.29) is 24.1 Å². The molecule has 5 nitrogen and oxygen atoms in total. The molecule has 6 heteroatoms. The van der Waals surface area contributed by atoms with Gasteiger partial charge in [-0.2, -0.15) is 0 Å². The topological polar surface area (TPSA) is 66.5 Å². The van der Waals surface area contributed by atoms with Crippen LogP contribution in [0, 0.1) is 5.92 Å². The molecule has 0 aliphatic carbocycles. The van der Waals surface area contributed by atoms with E-state index in [0.29, 0.717) is 12.1 Å². The van der Waals surface area contributed by atoms with E-state index in [4.69, 9.17) is 0 Å². The van der Waals surface area contributed by atoms with Gasteiger partial charge in [-0.25, -0.2) is 8.42 Å². The molecule has 126 valence electrons. The monoisotopic (exact) mass is 336 g/mol. The second kappa shape index (κ2) is 6.61. The predicted molar refractivity (Wildman–Crippen MR) is 89.7 cm³/mol. The van der Waals surface area contributed by atoms with Gasteiger partial charge >= 0.3 is 0 Å². The van der Waals surface area contributed by atoms with Crippen LogP contribution in [0.25, 0.3) is 0 Å². The number of carbonyl (C=O) groups is 1. The number of rotatable bonds is 5. The second-order valence-electron chi connectivity index (χ2n) is 6.64. The highest BCUT2D eigenvalue weighted by Crippen LogP contribution is 2.44. The van der Waals surface area contributed by atoms with Gasteiger partial charge < -0.3 is 5.32 Å². The van der Waals surface area contributed by atoms with E-state index in [1.54, 1.807) is 0 Å². The van der Waals surface area contributed by atoms with Crippen molar-refractivity contribution in [1.82, 2.24) is 10.2 Å². The van der Waals surface area contributed by atoms with Crippen molar-refractivity contribution in [3.05, 3.63) is 35.9 Å². The van der Waals surface area contributed by atoms with Gasteiger partial charge in [-0.05, 0) is 31.4 Å². The van der Waals surface area contributed by atoms with Gasteiger partial charge in [0.2, 0.25) is 5.91 Å². The lowest BCUT2D eigenvalue weighted by molar-refractivity contribution is -0.125. The van der Waals surface area contributed by atoms with E-state index in [9.17, 15) is 13.2 Å². The lowest BCUT2D eigenvalue weighted by Crippen LogP contribution is -2.39. The highest BCUT2D eigenvalue weighted by molar-refractivity contribution is 7.90. The fraction of sp³-hybridized carbons (Fsp3) is 0.588. The third-order valence-corrected chi connectivity index (χ3v) is 5.92. The zero-order chi connectivity index (χ0) is 16.4. The molecule has 23 heavy (non-hydrogen) atoms. The molecule has 1 amide bonds. The van der Waals surface area contributed by atoms with Crippen molar-refractivity contribution < 1.29 is 13.2 Å². The lowest BCUT2D eigenvalue weighted by atomic mass is 9.93. The maximum absolute atomic E-state index is 12.5. The summed E-state index contributed by atoms with van der Waals surface area (Å²) in [5, 5.41) is 2.82. The molecule has 2 aliphatic rings. The molecule has 0 spiro atoms.